The monoisotopic (exact) mass is 375 g/mol. The summed E-state index contributed by atoms with van der Waals surface area (Å²) in [6.45, 7) is 3.93. The van der Waals surface area contributed by atoms with Crippen LogP contribution in [0.15, 0.2) is 60.7 Å². The van der Waals surface area contributed by atoms with Crippen LogP contribution in [0.2, 0.25) is 0 Å². The third kappa shape index (κ3) is 4.39. The van der Waals surface area contributed by atoms with E-state index in [1.54, 1.807) is 30.3 Å². The predicted molar refractivity (Wildman–Crippen MR) is 90.9 cm³/mol. The number of carboxylic acid groups (broad SMARTS) is 1. The number of aromatic carboxylic acids is 1. The van der Waals surface area contributed by atoms with Gasteiger partial charge in [0.1, 0.15) is 5.75 Å². The SMILES string of the molecule is C=c1ccc2c(c1)Oc1c[c-]ccc1C=2c1ccccc1C(=O)[O-].[Na+].[Na+].[OH-]. The summed E-state index contributed by atoms with van der Waals surface area (Å²) < 4.78 is 5.96. The number of benzene rings is 3. The Morgan fingerprint density at radius 2 is 1.74 bits per heavy atom. The average molecular weight is 375 g/mol. The molecule has 0 unspecified atom stereocenters. The molecule has 0 saturated carbocycles. The van der Waals surface area contributed by atoms with Gasteiger partial charge in [-0.25, -0.2) is 0 Å². The fourth-order valence-electron chi connectivity index (χ4n) is 3.00. The molecule has 0 radical (unpaired) electrons. The fourth-order valence-corrected chi connectivity index (χ4v) is 3.00. The molecule has 1 aliphatic rings. The number of hydrogen-bond acceptors (Lipinski definition) is 4. The molecular weight excluding hydrogens is 362 g/mol. The first-order chi connectivity index (χ1) is 11.6. The molecule has 0 bridgehead atoms. The van der Waals surface area contributed by atoms with E-state index < -0.39 is 5.97 Å². The van der Waals surface area contributed by atoms with Crippen molar-refractivity contribution in [2.45, 2.75) is 0 Å². The summed E-state index contributed by atoms with van der Waals surface area (Å²) in [6, 6.07) is 20.9. The third-order valence-electron chi connectivity index (χ3n) is 4.05. The molecular formula is C21H13Na2O4-. The summed E-state index contributed by atoms with van der Waals surface area (Å²) in [5.41, 5.74) is 2.39. The van der Waals surface area contributed by atoms with Crippen LogP contribution in [0.3, 0.4) is 0 Å². The van der Waals surface area contributed by atoms with Crippen molar-refractivity contribution in [2.24, 2.45) is 0 Å². The van der Waals surface area contributed by atoms with Gasteiger partial charge in [0.05, 0.1) is 5.97 Å². The van der Waals surface area contributed by atoms with Gasteiger partial charge in [-0.3, -0.25) is 0 Å². The van der Waals surface area contributed by atoms with Gasteiger partial charge < -0.3 is 20.1 Å². The van der Waals surface area contributed by atoms with Crippen molar-refractivity contribution in [1.82, 2.24) is 0 Å². The molecule has 3 aromatic rings. The number of fused-ring (bicyclic) bond motifs is 2. The fraction of sp³-hybridized carbons (Fsp3) is 0. The van der Waals surface area contributed by atoms with Crippen molar-refractivity contribution < 1.29 is 79.2 Å². The van der Waals surface area contributed by atoms with Gasteiger partial charge in [0, 0.05) is 16.5 Å². The summed E-state index contributed by atoms with van der Waals surface area (Å²) >= 11 is 0. The second kappa shape index (κ2) is 9.71. The Kier molecular flexibility index (Phi) is 8.51. The zero-order chi connectivity index (χ0) is 16.7. The average Bonchev–Trinajstić information content (AvgIpc) is 2.59. The second-order valence-corrected chi connectivity index (χ2v) is 5.56. The summed E-state index contributed by atoms with van der Waals surface area (Å²) in [4.78, 5) is 11.6. The quantitative estimate of drug-likeness (QED) is 0.261. The molecule has 0 aromatic heterocycles. The molecule has 0 saturated heterocycles. The van der Waals surface area contributed by atoms with E-state index in [0.717, 1.165) is 21.6 Å². The summed E-state index contributed by atoms with van der Waals surface area (Å²) in [5.74, 6) is 0.0838. The first-order valence-corrected chi connectivity index (χ1v) is 7.47. The molecule has 0 spiro atoms. The van der Waals surface area contributed by atoms with Crippen LogP contribution in [-0.2, 0) is 0 Å². The van der Waals surface area contributed by atoms with E-state index in [0.29, 0.717) is 17.1 Å². The van der Waals surface area contributed by atoms with E-state index in [1.165, 1.54) is 0 Å². The van der Waals surface area contributed by atoms with Gasteiger partial charge in [-0.2, -0.15) is 18.2 Å². The number of carboxylic acids is 1. The van der Waals surface area contributed by atoms with Crippen molar-refractivity contribution >= 4 is 18.1 Å². The van der Waals surface area contributed by atoms with Crippen LogP contribution in [0.5, 0.6) is 11.5 Å². The van der Waals surface area contributed by atoms with E-state index in [4.69, 9.17) is 4.74 Å². The molecule has 4 rings (SSSR count). The van der Waals surface area contributed by atoms with Crippen molar-refractivity contribution in [1.29, 1.82) is 0 Å². The van der Waals surface area contributed by atoms with Gasteiger partial charge in [-0.15, -0.1) is 6.07 Å². The largest absolute Gasteiger partial charge is 1.00 e. The zero-order valence-corrected chi connectivity index (χ0v) is 19.2. The molecule has 1 aliphatic heterocycles. The number of hydrogen-bond donors (Lipinski definition) is 0. The van der Waals surface area contributed by atoms with E-state index >= 15 is 0 Å². The Hall–Kier alpha value is -1.37. The van der Waals surface area contributed by atoms with Crippen molar-refractivity contribution in [2.75, 3.05) is 0 Å². The van der Waals surface area contributed by atoms with Crippen molar-refractivity contribution in [3.8, 4) is 11.5 Å². The number of ether oxygens (including phenoxy) is 1. The standard InChI is InChI=1S/C21H13O3.2Na.H2O/c1-13-10-11-17-19(12-13)24-18-9-5-4-8-16(18)20(17)14-6-2-3-7-15(14)21(22)23;;;/h2-4,6-12H,1H2,(H,22,23);;;1H2/q-1;2*+1;/p-2. The number of carbonyl (C=O) groups is 1. The van der Waals surface area contributed by atoms with Crippen LogP contribution < -0.4 is 79.4 Å². The predicted octanol–water partition coefficient (Wildman–Crippen LogP) is -4.56. The summed E-state index contributed by atoms with van der Waals surface area (Å²) in [7, 11) is 0. The smallest absolute Gasteiger partial charge is 0.870 e. The van der Waals surface area contributed by atoms with E-state index in [-0.39, 0.29) is 70.2 Å². The minimum atomic E-state index is -1.20. The number of rotatable bonds is 2. The molecule has 1 heterocycles. The minimum Gasteiger partial charge on any atom is -0.870 e. The Morgan fingerprint density at radius 1 is 1.00 bits per heavy atom. The molecule has 0 aliphatic carbocycles. The number of carbonyl (C=O) groups excluding carboxylic acids is 1. The van der Waals surface area contributed by atoms with E-state index in [2.05, 4.69) is 12.6 Å². The Labute approximate surface area is 201 Å². The second-order valence-electron chi connectivity index (χ2n) is 5.56. The van der Waals surface area contributed by atoms with Gasteiger partial charge in [0.15, 0.2) is 0 Å². The molecule has 0 atom stereocenters. The molecule has 3 aromatic carbocycles. The molecule has 124 valence electrons. The Morgan fingerprint density at radius 3 is 2.48 bits per heavy atom. The van der Waals surface area contributed by atoms with Gasteiger partial charge in [0.25, 0.3) is 0 Å². The van der Waals surface area contributed by atoms with Crippen LogP contribution in [0.1, 0.15) is 21.5 Å². The maximum absolute atomic E-state index is 11.6. The summed E-state index contributed by atoms with van der Waals surface area (Å²) in [5, 5.41) is 13.2. The van der Waals surface area contributed by atoms with Crippen LogP contribution in [0, 0.1) is 6.07 Å². The van der Waals surface area contributed by atoms with Gasteiger partial charge in [-0.05, 0) is 22.4 Å². The molecule has 4 nitrogen and oxygen atoms in total. The van der Waals surface area contributed by atoms with Gasteiger partial charge in [0.2, 0.25) is 0 Å². The maximum Gasteiger partial charge on any atom is 1.00 e. The van der Waals surface area contributed by atoms with Crippen LogP contribution in [0.25, 0.3) is 12.2 Å². The van der Waals surface area contributed by atoms with Crippen LogP contribution in [-0.4, -0.2) is 11.4 Å². The third-order valence-corrected chi connectivity index (χ3v) is 4.05. The molecule has 0 fully saturated rings. The Bertz CT molecular complexity index is 1090. The molecule has 6 heteroatoms. The Balaban J connectivity index is 0.00000121. The van der Waals surface area contributed by atoms with Gasteiger partial charge in [-0.1, -0.05) is 48.5 Å². The van der Waals surface area contributed by atoms with Crippen LogP contribution in [0.4, 0.5) is 0 Å². The summed E-state index contributed by atoms with van der Waals surface area (Å²) in [6.07, 6.45) is 0. The molecule has 27 heavy (non-hydrogen) atoms. The normalized spacial score (nSPS) is 10.7. The zero-order valence-electron chi connectivity index (χ0n) is 15.2. The van der Waals surface area contributed by atoms with E-state index in [9.17, 15) is 9.90 Å². The maximum atomic E-state index is 11.6. The molecule has 0 amide bonds. The minimum absolute atomic E-state index is 0. The van der Waals surface area contributed by atoms with Gasteiger partial charge >= 0.3 is 59.1 Å². The topological polar surface area (TPSA) is 79.4 Å². The van der Waals surface area contributed by atoms with Crippen molar-refractivity contribution in [3.63, 3.8) is 0 Å². The first kappa shape index (κ1) is 23.7. The molecule has 1 N–H and O–H groups in total. The first-order valence-electron chi connectivity index (χ1n) is 7.47. The van der Waals surface area contributed by atoms with Crippen LogP contribution >= 0.6 is 0 Å². The van der Waals surface area contributed by atoms with Crippen molar-refractivity contribution in [3.05, 3.63) is 93.9 Å². The van der Waals surface area contributed by atoms with E-state index in [1.807, 2.05) is 30.3 Å².